The molecule has 1 fully saturated rings. The summed E-state index contributed by atoms with van der Waals surface area (Å²) in [6.45, 7) is 6.92. The first-order valence-electron chi connectivity index (χ1n) is 12.3. The van der Waals surface area contributed by atoms with E-state index in [1.54, 1.807) is 43.5 Å². The molecule has 0 radical (unpaired) electrons. The third-order valence-electron chi connectivity index (χ3n) is 6.73. The molecule has 0 saturated carbocycles. The van der Waals surface area contributed by atoms with Gasteiger partial charge in [0.15, 0.2) is 12.3 Å². The number of carbonyl (C=O) groups is 2. The fraction of sp³-hybridized carbons (Fsp3) is 0.310. The highest BCUT2D eigenvalue weighted by Gasteiger charge is 2.50. The van der Waals surface area contributed by atoms with Gasteiger partial charge in [0.1, 0.15) is 11.8 Å². The highest BCUT2D eigenvalue weighted by molar-refractivity contribution is 6.77. The van der Waals surface area contributed by atoms with Crippen molar-refractivity contribution in [2.75, 3.05) is 13.7 Å². The Bertz CT molecular complexity index is 1200. The van der Waals surface area contributed by atoms with E-state index in [1.165, 1.54) is 4.90 Å². The maximum Gasteiger partial charge on any atom is 0.412 e. The molecule has 1 saturated heterocycles. The number of rotatable bonds is 8. The lowest BCUT2D eigenvalue weighted by atomic mass is 10.0. The van der Waals surface area contributed by atoms with E-state index in [9.17, 15) is 14.7 Å². The second kappa shape index (κ2) is 11.2. The molecule has 3 aromatic rings. The van der Waals surface area contributed by atoms with Crippen molar-refractivity contribution >= 4 is 20.1 Å². The van der Waals surface area contributed by atoms with Crippen LogP contribution in [0, 0.1) is 0 Å². The Balaban J connectivity index is 1.69. The van der Waals surface area contributed by atoms with E-state index in [2.05, 4.69) is 31.8 Å². The summed E-state index contributed by atoms with van der Waals surface area (Å²) < 4.78 is 17.3. The summed E-state index contributed by atoms with van der Waals surface area (Å²) in [6, 6.07) is 25.3. The first kappa shape index (κ1) is 26.4. The van der Waals surface area contributed by atoms with Gasteiger partial charge in [-0.15, -0.1) is 0 Å². The van der Waals surface area contributed by atoms with Gasteiger partial charge >= 0.3 is 12.1 Å². The molecule has 0 bridgehead atoms. The molecule has 3 aromatic carbocycles. The highest BCUT2D eigenvalue weighted by Crippen LogP contribution is 2.44. The van der Waals surface area contributed by atoms with Crippen LogP contribution < -0.4 is 4.74 Å². The molecular formula is C29H33NO6Si. The highest BCUT2D eigenvalue weighted by atomic mass is 28.3. The van der Waals surface area contributed by atoms with Crippen LogP contribution >= 0.6 is 0 Å². The summed E-state index contributed by atoms with van der Waals surface area (Å²) >= 11 is 0. The standard InChI is InChI=1S/C29H33NO6Si/c1-34-23-17-15-22(16-18-23)27-30(25(26(36-27)28(31)32)21-13-9-6-10-14-21)29(33)35-19-24(37(2,3)4)20-11-7-5-8-12-20/h5-18,24-27H,19H2,1-4H3,(H,31,32)/t24?,25-,26+,27?/m0/s1. The zero-order valence-corrected chi connectivity index (χ0v) is 22.5. The van der Waals surface area contributed by atoms with Crippen LogP contribution in [0.3, 0.4) is 0 Å². The van der Waals surface area contributed by atoms with Crippen molar-refractivity contribution in [2.24, 2.45) is 0 Å². The Morgan fingerprint density at radius 1 is 0.919 bits per heavy atom. The van der Waals surface area contributed by atoms with Crippen molar-refractivity contribution < 1.29 is 28.9 Å². The van der Waals surface area contributed by atoms with Crippen LogP contribution in [0.25, 0.3) is 0 Å². The van der Waals surface area contributed by atoms with E-state index in [0.717, 1.165) is 5.56 Å². The summed E-state index contributed by atoms with van der Waals surface area (Å²) in [5.41, 5.74) is 2.49. The number of amides is 1. The van der Waals surface area contributed by atoms with Crippen molar-refractivity contribution in [3.63, 3.8) is 0 Å². The van der Waals surface area contributed by atoms with E-state index in [1.807, 2.05) is 36.4 Å². The first-order chi connectivity index (χ1) is 17.7. The van der Waals surface area contributed by atoms with Gasteiger partial charge in [-0.2, -0.15) is 0 Å². The zero-order chi connectivity index (χ0) is 26.6. The summed E-state index contributed by atoms with van der Waals surface area (Å²) in [5, 5.41) is 10.0. The van der Waals surface area contributed by atoms with Crippen LogP contribution in [0.2, 0.25) is 19.6 Å². The fourth-order valence-corrected chi connectivity index (χ4v) is 6.50. The minimum absolute atomic E-state index is 0.0750. The van der Waals surface area contributed by atoms with Crippen LogP contribution in [0.4, 0.5) is 4.79 Å². The van der Waals surface area contributed by atoms with Crippen LogP contribution in [0.15, 0.2) is 84.9 Å². The normalized spacial score (nSPS) is 20.3. The molecule has 0 aliphatic carbocycles. The SMILES string of the molecule is COc1ccc(C2O[C@@H](C(=O)O)[C@H](c3ccccc3)N2C(=O)OCC(c2ccccc2)[Si](C)(C)C)cc1. The smallest absolute Gasteiger partial charge is 0.412 e. The van der Waals surface area contributed by atoms with E-state index >= 15 is 0 Å². The van der Waals surface area contributed by atoms with Crippen LogP contribution in [0.5, 0.6) is 5.75 Å². The number of benzene rings is 3. The van der Waals surface area contributed by atoms with Gasteiger partial charge in [0.25, 0.3) is 0 Å². The van der Waals surface area contributed by atoms with E-state index < -0.39 is 38.5 Å². The Morgan fingerprint density at radius 3 is 2.05 bits per heavy atom. The number of hydrogen-bond donors (Lipinski definition) is 1. The second-order valence-electron chi connectivity index (χ2n) is 10.2. The fourth-order valence-electron chi connectivity index (χ4n) is 4.73. The monoisotopic (exact) mass is 519 g/mol. The average molecular weight is 520 g/mol. The van der Waals surface area contributed by atoms with Crippen molar-refractivity contribution in [3.05, 3.63) is 102 Å². The van der Waals surface area contributed by atoms with Gasteiger partial charge in [0.05, 0.1) is 21.8 Å². The number of hydrogen-bond acceptors (Lipinski definition) is 5. The molecule has 8 heteroatoms. The largest absolute Gasteiger partial charge is 0.497 e. The number of aliphatic carboxylic acids is 1. The molecule has 1 N–H and O–H groups in total. The van der Waals surface area contributed by atoms with Gasteiger partial charge in [-0.05, 0) is 23.3 Å². The molecule has 194 valence electrons. The summed E-state index contributed by atoms with van der Waals surface area (Å²) in [4.78, 5) is 27.5. The Kier molecular flexibility index (Phi) is 7.99. The van der Waals surface area contributed by atoms with Crippen LogP contribution in [0.1, 0.15) is 34.5 Å². The predicted molar refractivity (Wildman–Crippen MR) is 143 cm³/mol. The Labute approximate surface area is 218 Å². The lowest BCUT2D eigenvalue weighted by Gasteiger charge is -2.32. The molecule has 2 unspecified atom stereocenters. The number of ether oxygens (including phenoxy) is 3. The van der Waals surface area contributed by atoms with Crippen molar-refractivity contribution in [1.29, 1.82) is 0 Å². The number of carboxylic acid groups (broad SMARTS) is 1. The molecular weight excluding hydrogens is 486 g/mol. The van der Waals surface area contributed by atoms with E-state index in [-0.39, 0.29) is 12.1 Å². The summed E-state index contributed by atoms with van der Waals surface area (Å²) in [7, 11) is -0.205. The molecule has 7 nitrogen and oxygen atoms in total. The average Bonchev–Trinajstić information content (AvgIpc) is 3.30. The maximum absolute atomic E-state index is 13.8. The molecule has 1 amide bonds. The third-order valence-corrected chi connectivity index (χ3v) is 9.32. The number of methoxy groups -OCH3 is 1. The summed E-state index contributed by atoms with van der Waals surface area (Å²) in [5.74, 6) is -0.502. The van der Waals surface area contributed by atoms with Gasteiger partial charge in [-0.3, -0.25) is 4.90 Å². The molecule has 1 aliphatic rings. The number of carbonyl (C=O) groups excluding carboxylic acids is 1. The van der Waals surface area contributed by atoms with Crippen LogP contribution in [-0.4, -0.2) is 50.0 Å². The minimum atomic E-state index is -1.77. The van der Waals surface area contributed by atoms with Crippen molar-refractivity contribution in [3.8, 4) is 5.75 Å². The quantitative estimate of drug-likeness (QED) is 0.367. The second-order valence-corrected chi connectivity index (χ2v) is 15.6. The van der Waals surface area contributed by atoms with Crippen molar-refractivity contribution in [2.45, 2.75) is 43.6 Å². The van der Waals surface area contributed by atoms with Gasteiger partial charge in [-0.1, -0.05) is 92.4 Å². The Hall–Kier alpha value is -3.62. The lowest BCUT2D eigenvalue weighted by Crippen LogP contribution is -2.40. The molecule has 4 atom stereocenters. The first-order valence-corrected chi connectivity index (χ1v) is 15.9. The topological polar surface area (TPSA) is 85.3 Å². The van der Waals surface area contributed by atoms with Crippen LogP contribution in [-0.2, 0) is 14.3 Å². The molecule has 0 aromatic heterocycles. The molecule has 4 rings (SSSR count). The van der Waals surface area contributed by atoms with E-state index in [4.69, 9.17) is 14.2 Å². The van der Waals surface area contributed by atoms with Gasteiger partial charge in [0, 0.05) is 11.1 Å². The lowest BCUT2D eigenvalue weighted by molar-refractivity contribution is -0.150. The third kappa shape index (κ3) is 5.86. The number of nitrogens with zero attached hydrogens (tertiary/aromatic N) is 1. The summed E-state index contributed by atoms with van der Waals surface area (Å²) in [6.07, 6.45) is -2.81. The van der Waals surface area contributed by atoms with Gasteiger partial charge in [0.2, 0.25) is 0 Å². The molecule has 0 spiro atoms. The van der Waals surface area contributed by atoms with Gasteiger partial charge < -0.3 is 19.3 Å². The Morgan fingerprint density at radius 2 is 1.51 bits per heavy atom. The maximum atomic E-state index is 13.8. The minimum Gasteiger partial charge on any atom is -0.497 e. The molecule has 1 heterocycles. The number of carboxylic acids is 1. The zero-order valence-electron chi connectivity index (χ0n) is 21.5. The van der Waals surface area contributed by atoms with Crippen molar-refractivity contribution in [1.82, 2.24) is 4.90 Å². The molecule has 1 aliphatic heterocycles. The van der Waals surface area contributed by atoms with E-state index in [0.29, 0.717) is 16.9 Å². The van der Waals surface area contributed by atoms with Gasteiger partial charge in [-0.25, -0.2) is 9.59 Å². The predicted octanol–water partition coefficient (Wildman–Crippen LogP) is 6.02. The molecule has 37 heavy (non-hydrogen) atoms.